The molecule has 0 fully saturated rings. The summed E-state index contributed by atoms with van der Waals surface area (Å²) in [5.41, 5.74) is 3.60. The fourth-order valence-corrected chi connectivity index (χ4v) is 1.74. The Kier molecular flexibility index (Phi) is 3.75. The smallest absolute Gasteiger partial charge is 0.281 e. The first-order chi connectivity index (χ1) is 9.00. The standard InChI is InChI=1S/C12H14F2N4O/c1-8(19)17(2)15-7-11-16-9-5-3-4-6-10(9)18(11)12(13)14/h3-6,12,15H,7H2,1-2H3. The van der Waals surface area contributed by atoms with Crippen molar-refractivity contribution in [1.29, 1.82) is 0 Å². The number of rotatable bonds is 4. The van der Waals surface area contributed by atoms with Crippen LogP contribution in [0, 0.1) is 0 Å². The molecule has 7 heteroatoms. The van der Waals surface area contributed by atoms with Gasteiger partial charge in [0.15, 0.2) is 0 Å². The molecule has 19 heavy (non-hydrogen) atoms. The minimum Gasteiger partial charge on any atom is -0.281 e. The SMILES string of the molecule is CC(=O)N(C)NCc1nc2ccccc2n1C(F)F. The fourth-order valence-electron chi connectivity index (χ4n) is 1.74. The predicted molar refractivity (Wildman–Crippen MR) is 66.3 cm³/mol. The zero-order chi connectivity index (χ0) is 14.0. The molecule has 5 nitrogen and oxygen atoms in total. The number of hydrogen-bond donors (Lipinski definition) is 1. The van der Waals surface area contributed by atoms with E-state index in [0.717, 1.165) is 4.57 Å². The quantitative estimate of drug-likeness (QED) is 0.862. The number of amides is 1. The third-order valence-electron chi connectivity index (χ3n) is 2.81. The highest BCUT2D eigenvalue weighted by atomic mass is 19.3. The van der Waals surface area contributed by atoms with Crippen LogP contribution in [0.3, 0.4) is 0 Å². The molecule has 2 rings (SSSR count). The average molecular weight is 268 g/mol. The Morgan fingerprint density at radius 3 is 2.79 bits per heavy atom. The van der Waals surface area contributed by atoms with E-state index in [1.807, 2.05) is 0 Å². The summed E-state index contributed by atoms with van der Waals surface area (Å²) >= 11 is 0. The van der Waals surface area contributed by atoms with Crippen LogP contribution in [-0.4, -0.2) is 27.5 Å². The number of carbonyl (C=O) groups excluding carboxylic acids is 1. The number of hydrazine groups is 1. The Morgan fingerprint density at radius 1 is 1.47 bits per heavy atom. The molecule has 0 spiro atoms. The second-order valence-corrected chi connectivity index (χ2v) is 4.08. The first-order valence-corrected chi connectivity index (χ1v) is 5.72. The molecule has 1 aromatic carbocycles. The van der Waals surface area contributed by atoms with Gasteiger partial charge in [-0.3, -0.25) is 14.4 Å². The molecule has 1 aromatic heterocycles. The van der Waals surface area contributed by atoms with E-state index in [1.54, 1.807) is 24.3 Å². The lowest BCUT2D eigenvalue weighted by Gasteiger charge is -2.16. The van der Waals surface area contributed by atoms with Crippen molar-refractivity contribution in [2.45, 2.75) is 20.0 Å². The van der Waals surface area contributed by atoms with Crippen molar-refractivity contribution in [3.63, 3.8) is 0 Å². The Morgan fingerprint density at radius 2 is 2.16 bits per heavy atom. The van der Waals surface area contributed by atoms with Crippen LogP contribution >= 0.6 is 0 Å². The summed E-state index contributed by atoms with van der Waals surface area (Å²) in [5.74, 6) is -0.0241. The number of alkyl halides is 2. The molecule has 0 aliphatic heterocycles. The average Bonchev–Trinajstić information content (AvgIpc) is 2.73. The molecular weight excluding hydrogens is 254 g/mol. The molecule has 0 atom stereocenters. The molecule has 0 aliphatic rings. The van der Waals surface area contributed by atoms with Crippen molar-refractivity contribution in [3.05, 3.63) is 30.1 Å². The maximum Gasteiger partial charge on any atom is 0.320 e. The maximum atomic E-state index is 13.1. The number of hydrogen-bond acceptors (Lipinski definition) is 3. The van der Waals surface area contributed by atoms with E-state index in [2.05, 4.69) is 10.4 Å². The summed E-state index contributed by atoms with van der Waals surface area (Å²) in [6.45, 7) is -1.25. The minimum absolute atomic E-state index is 0.0507. The summed E-state index contributed by atoms with van der Waals surface area (Å²) in [6, 6.07) is 6.69. The van der Waals surface area contributed by atoms with E-state index in [4.69, 9.17) is 0 Å². The number of carbonyl (C=O) groups is 1. The third kappa shape index (κ3) is 2.70. The summed E-state index contributed by atoms with van der Waals surface area (Å²) in [4.78, 5) is 15.2. The van der Waals surface area contributed by atoms with Crippen LogP contribution in [0.4, 0.5) is 8.78 Å². The summed E-state index contributed by atoms with van der Waals surface area (Å²) in [6.07, 6.45) is 0. The topological polar surface area (TPSA) is 50.2 Å². The highest BCUT2D eigenvalue weighted by molar-refractivity contribution is 5.76. The van der Waals surface area contributed by atoms with E-state index in [9.17, 15) is 13.6 Å². The largest absolute Gasteiger partial charge is 0.320 e. The van der Waals surface area contributed by atoms with E-state index >= 15 is 0 Å². The Hall–Kier alpha value is -2.02. The van der Waals surface area contributed by atoms with Gasteiger partial charge in [0, 0.05) is 14.0 Å². The van der Waals surface area contributed by atoms with Crippen LogP contribution in [0.5, 0.6) is 0 Å². The van der Waals surface area contributed by atoms with Gasteiger partial charge in [-0.1, -0.05) is 12.1 Å². The van der Waals surface area contributed by atoms with Gasteiger partial charge in [-0.15, -0.1) is 0 Å². The molecule has 0 aliphatic carbocycles. The molecule has 1 heterocycles. The second kappa shape index (κ2) is 5.31. The third-order valence-corrected chi connectivity index (χ3v) is 2.81. The van der Waals surface area contributed by atoms with Crippen LogP contribution < -0.4 is 5.43 Å². The number of imidazole rings is 1. The van der Waals surface area contributed by atoms with Gasteiger partial charge >= 0.3 is 6.55 Å². The molecule has 0 saturated carbocycles. The van der Waals surface area contributed by atoms with Crippen LogP contribution in [0.25, 0.3) is 11.0 Å². The molecule has 0 bridgehead atoms. The van der Waals surface area contributed by atoms with E-state index < -0.39 is 6.55 Å². The van der Waals surface area contributed by atoms with E-state index in [1.165, 1.54) is 19.0 Å². The van der Waals surface area contributed by atoms with E-state index in [0.29, 0.717) is 11.0 Å². The van der Waals surface area contributed by atoms with Crippen LogP contribution in [0.2, 0.25) is 0 Å². The Labute approximate surface area is 108 Å². The first kappa shape index (κ1) is 13.4. The van der Waals surface area contributed by atoms with Crippen molar-refractivity contribution >= 4 is 16.9 Å². The molecule has 1 amide bonds. The number of nitrogens with one attached hydrogen (secondary N) is 1. The molecule has 0 radical (unpaired) electrons. The van der Waals surface area contributed by atoms with Gasteiger partial charge in [-0.25, -0.2) is 10.4 Å². The monoisotopic (exact) mass is 268 g/mol. The minimum atomic E-state index is -2.67. The van der Waals surface area contributed by atoms with Crippen molar-refractivity contribution in [2.75, 3.05) is 7.05 Å². The number of para-hydroxylation sites is 2. The molecule has 0 unspecified atom stereocenters. The van der Waals surface area contributed by atoms with Crippen LogP contribution in [0.15, 0.2) is 24.3 Å². The number of fused-ring (bicyclic) bond motifs is 1. The van der Waals surface area contributed by atoms with Crippen molar-refractivity contribution in [2.24, 2.45) is 0 Å². The zero-order valence-corrected chi connectivity index (χ0v) is 10.6. The van der Waals surface area contributed by atoms with Crippen molar-refractivity contribution < 1.29 is 13.6 Å². The van der Waals surface area contributed by atoms with Crippen LogP contribution in [-0.2, 0) is 11.3 Å². The maximum absolute atomic E-state index is 13.1. The fraction of sp³-hybridized carbons (Fsp3) is 0.333. The predicted octanol–water partition coefficient (Wildman–Crippen LogP) is 1.91. The number of aromatic nitrogens is 2. The van der Waals surface area contributed by atoms with Gasteiger partial charge in [0.1, 0.15) is 5.82 Å². The van der Waals surface area contributed by atoms with Crippen LogP contribution in [0.1, 0.15) is 19.3 Å². The molecule has 0 saturated heterocycles. The van der Waals surface area contributed by atoms with Gasteiger partial charge in [0.25, 0.3) is 0 Å². The van der Waals surface area contributed by atoms with E-state index in [-0.39, 0.29) is 18.3 Å². The Balaban J connectivity index is 2.32. The molecule has 102 valence electrons. The molecule has 1 N–H and O–H groups in total. The summed E-state index contributed by atoms with van der Waals surface area (Å²) < 4.78 is 27.0. The normalized spacial score (nSPS) is 11.2. The lowest BCUT2D eigenvalue weighted by Crippen LogP contribution is -2.38. The number of halogens is 2. The number of nitrogens with zero attached hydrogens (tertiary/aromatic N) is 3. The number of benzene rings is 1. The second-order valence-electron chi connectivity index (χ2n) is 4.08. The van der Waals surface area contributed by atoms with Gasteiger partial charge in [-0.2, -0.15) is 8.78 Å². The highest BCUT2D eigenvalue weighted by Gasteiger charge is 2.17. The summed E-state index contributed by atoms with van der Waals surface area (Å²) in [7, 11) is 1.53. The van der Waals surface area contributed by atoms with Gasteiger partial charge in [-0.05, 0) is 12.1 Å². The molecule has 2 aromatic rings. The van der Waals surface area contributed by atoms with Gasteiger partial charge < -0.3 is 0 Å². The zero-order valence-electron chi connectivity index (χ0n) is 10.6. The van der Waals surface area contributed by atoms with Gasteiger partial charge in [0.2, 0.25) is 5.91 Å². The first-order valence-electron chi connectivity index (χ1n) is 5.72. The lowest BCUT2D eigenvalue weighted by molar-refractivity contribution is -0.130. The highest BCUT2D eigenvalue weighted by Crippen LogP contribution is 2.22. The van der Waals surface area contributed by atoms with Crippen molar-refractivity contribution in [1.82, 2.24) is 20.0 Å². The van der Waals surface area contributed by atoms with Gasteiger partial charge in [0.05, 0.1) is 17.6 Å². The lowest BCUT2D eigenvalue weighted by atomic mass is 10.3. The Bertz CT molecular complexity index is 596. The molecular formula is C12H14F2N4O. The van der Waals surface area contributed by atoms with Crippen molar-refractivity contribution in [3.8, 4) is 0 Å². The summed E-state index contributed by atoms with van der Waals surface area (Å²) in [5, 5.41) is 1.23.